The second kappa shape index (κ2) is 13.6. The summed E-state index contributed by atoms with van der Waals surface area (Å²) in [5.74, 6) is 0. The molecule has 0 saturated carbocycles. The monoisotopic (exact) mass is 605 g/mol. The van der Waals surface area contributed by atoms with E-state index < -0.39 is 67.0 Å². The molecule has 31 heavy (non-hydrogen) atoms. The molecule has 0 aliphatic rings. The van der Waals surface area contributed by atoms with E-state index >= 15 is 0 Å². The molecular formula is C3H12NNa3O18P6. The van der Waals surface area contributed by atoms with Gasteiger partial charge in [0, 0.05) is 0 Å². The van der Waals surface area contributed by atoms with Crippen molar-refractivity contribution in [1.29, 1.82) is 0 Å². The minimum absolute atomic E-state index is 0. The Balaban J connectivity index is -0.00000121. The molecule has 0 amide bonds. The van der Waals surface area contributed by atoms with Crippen molar-refractivity contribution in [2.45, 2.75) is 16.6 Å². The molecule has 0 spiro atoms. The maximum absolute atomic E-state index is 11.4. The Kier molecular flexibility index (Phi) is 18.4. The third kappa shape index (κ3) is 12.8. The van der Waals surface area contributed by atoms with E-state index in [-0.39, 0.29) is 88.7 Å². The van der Waals surface area contributed by atoms with Gasteiger partial charge in [0.25, 0.3) is 0 Å². The van der Waals surface area contributed by atoms with Gasteiger partial charge in [-0.2, -0.15) is 0 Å². The van der Waals surface area contributed by atoms with Crippen LogP contribution in [0.5, 0.6) is 0 Å². The van der Waals surface area contributed by atoms with Crippen LogP contribution in [0, 0.1) is 0 Å². The zero-order chi connectivity index (χ0) is 23.3. The molecule has 19 nitrogen and oxygen atoms in total. The standard InChI is InChI=1S/C3H15NO18P6.3Na/c5-23(6,7)1(24(8,9)10)4(2(25(11,12)13)26(14,15)16)3(27(17,18)19)28(20,21)22;;;/h1-3H,(H2,5,6,7)(H2,8,9,10)(H2,11,12,13)(H2,14,15,16)(H2,17,18,19)(H2,20,21,22);;;/q;3*+1/p-3. The van der Waals surface area contributed by atoms with Gasteiger partial charge in [0.2, 0.25) is 11.0 Å². The Morgan fingerprint density at radius 1 is 0.484 bits per heavy atom. The van der Waals surface area contributed by atoms with Gasteiger partial charge in [-0.25, -0.2) is 4.90 Å². The first kappa shape index (κ1) is 42.0. The van der Waals surface area contributed by atoms with Crippen molar-refractivity contribution >= 4 is 45.6 Å². The van der Waals surface area contributed by atoms with E-state index in [4.69, 9.17) is 44.0 Å². The van der Waals surface area contributed by atoms with Crippen LogP contribution in [0.3, 0.4) is 0 Å². The van der Waals surface area contributed by atoms with Crippen LogP contribution in [0.4, 0.5) is 0 Å². The first-order chi connectivity index (χ1) is 11.7. The summed E-state index contributed by atoms with van der Waals surface area (Å²) in [6.45, 7) is 0. The van der Waals surface area contributed by atoms with Crippen LogP contribution in [0.2, 0.25) is 0 Å². The average molecular weight is 605 g/mol. The van der Waals surface area contributed by atoms with Crippen LogP contribution in [-0.4, -0.2) is 65.5 Å². The quantitative estimate of drug-likeness (QED) is 0.0870. The van der Waals surface area contributed by atoms with Crippen molar-refractivity contribution in [3.8, 4) is 0 Å². The third-order valence-electron chi connectivity index (χ3n) is 2.58. The van der Waals surface area contributed by atoms with Crippen molar-refractivity contribution in [2.75, 3.05) is 0 Å². The molecule has 9 N–H and O–H groups in total. The predicted octanol–water partition coefficient (Wildman–Crippen LogP) is -13.7. The summed E-state index contributed by atoms with van der Waals surface area (Å²) in [4.78, 5) is 113. The van der Waals surface area contributed by atoms with Crippen molar-refractivity contribution < 1.29 is 175 Å². The molecule has 0 aromatic carbocycles. The van der Waals surface area contributed by atoms with Gasteiger partial charge in [-0.15, -0.1) is 0 Å². The van der Waals surface area contributed by atoms with E-state index in [1.807, 2.05) is 0 Å². The Morgan fingerprint density at radius 2 is 0.677 bits per heavy atom. The normalized spacial score (nSPS) is 16.7. The second-order valence-electron chi connectivity index (χ2n) is 4.95. The van der Waals surface area contributed by atoms with Gasteiger partial charge in [-0.05, 0) is 7.60 Å². The largest absolute Gasteiger partial charge is 1.00 e. The smallest absolute Gasteiger partial charge is 0.809 e. The molecule has 170 valence electrons. The first-order valence-corrected chi connectivity index (χ1v) is 15.8. The molecule has 0 aromatic heterocycles. The molecule has 0 aromatic rings. The molecule has 0 heterocycles. The summed E-state index contributed by atoms with van der Waals surface area (Å²) < 4.78 is 68.2. The second-order valence-corrected chi connectivity index (χ2v) is 16.0. The molecule has 0 aliphatic heterocycles. The van der Waals surface area contributed by atoms with E-state index in [0.717, 1.165) is 0 Å². The van der Waals surface area contributed by atoms with Crippen LogP contribution >= 0.6 is 45.6 Å². The van der Waals surface area contributed by atoms with Crippen molar-refractivity contribution in [3.63, 3.8) is 0 Å². The van der Waals surface area contributed by atoms with Crippen LogP contribution in [0.15, 0.2) is 0 Å². The summed E-state index contributed by atoms with van der Waals surface area (Å²) in [7, 11) is -40.6. The number of hydrogen-bond acceptors (Lipinski definition) is 10. The SMILES string of the molecule is O=P([O-])([O-])C(N(C(P(=O)(O)O)P(=O)(O)O)C(P(=O)(O)O)P(=O)(O)O)P(=O)([O-])O.[Na+].[Na+].[Na+]. The zero-order valence-electron chi connectivity index (χ0n) is 15.6. The van der Waals surface area contributed by atoms with Crippen LogP contribution in [0.25, 0.3) is 0 Å². The summed E-state index contributed by atoms with van der Waals surface area (Å²) in [5.41, 5.74) is -13.1. The van der Waals surface area contributed by atoms with Crippen molar-refractivity contribution in [1.82, 2.24) is 4.90 Å². The summed E-state index contributed by atoms with van der Waals surface area (Å²) in [5, 5.41) is 0. The molecular weight excluding hydrogens is 593 g/mol. The summed E-state index contributed by atoms with van der Waals surface area (Å²) in [6, 6.07) is 0. The van der Waals surface area contributed by atoms with E-state index in [9.17, 15) is 42.1 Å². The van der Waals surface area contributed by atoms with Crippen LogP contribution in [-0.2, 0) is 27.4 Å². The van der Waals surface area contributed by atoms with Crippen molar-refractivity contribution in [3.05, 3.63) is 0 Å². The number of hydrogen-bond donors (Lipinski definition) is 9. The third-order valence-corrected chi connectivity index (χ3v) is 13.1. The predicted molar refractivity (Wildman–Crippen MR) is 78.8 cm³/mol. The maximum Gasteiger partial charge on any atom is 1.00 e. The van der Waals surface area contributed by atoms with E-state index in [2.05, 4.69) is 0 Å². The first-order valence-electron chi connectivity index (χ1n) is 5.77. The zero-order valence-corrected chi connectivity index (χ0v) is 26.9. The number of rotatable bonds is 9. The Labute approximate surface area is 239 Å². The van der Waals surface area contributed by atoms with Gasteiger partial charge in [0.15, 0.2) is 7.60 Å². The Morgan fingerprint density at radius 3 is 0.774 bits per heavy atom. The molecule has 0 rings (SSSR count). The molecule has 2 unspecified atom stereocenters. The fourth-order valence-corrected chi connectivity index (χ4v) is 11.4. The van der Waals surface area contributed by atoms with Crippen LogP contribution in [0.1, 0.15) is 0 Å². The Bertz CT molecular complexity index is 690. The fourth-order valence-electron chi connectivity index (χ4n) is 1.95. The molecule has 0 saturated heterocycles. The average Bonchev–Trinajstić information content (AvgIpc) is 2.13. The minimum Gasteiger partial charge on any atom is -0.809 e. The van der Waals surface area contributed by atoms with Gasteiger partial charge < -0.3 is 67.9 Å². The van der Waals surface area contributed by atoms with Gasteiger partial charge in [-0.3, -0.25) is 18.3 Å². The van der Waals surface area contributed by atoms with E-state index in [0.29, 0.717) is 0 Å². The molecule has 0 bridgehead atoms. The van der Waals surface area contributed by atoms with Gasteiger partial charge in [-0.1, -0.05) is 0 Å². The minimum atomic E-state index is -7.11. The molecule has 28 heteroatoms. The van der Waals surface area contributed by atoms with Gasteiger partial charge >= 0.3 is 119 Å². The summed E-state index contributed by atoms with van der Waals surface area (Å²) >= 11 is 0. The molecule has 2 atom stereocenters. The van der Waals surface area contributed by atoms with Gasteiger partial charge in [0.1, 0.15) is 5.52 Å². The maximum atomic E-state index is 11.4. The summed E-state index contributed by atoms with van der Waals surface area (Å²) in [6.07, 6.45) is 0. The topological polar surface area (TPSA) is 357 Å². The molecule has 0 fully saturated rings. The van der Waals surface area contributed by atoms with Gasteiger partial charge in [0.05, 0.1) is 0 Å². The van der Waals surface area contributed by atoms with E-state index in [1.54, 1.807) is 0 Å². The van der Waals surface area contributed by atoms with Crippen LogP contribution < -0.4 is 103 Å². The number of nitrogens with zero attached hydrogens (tertiary/aromatic N) is 1. The molecule has 0 aliphatic carbocycles. The van der Waals surface area contributed by atoms with E-state index in [1.165, 1.54) is 0 Å². The molecule has 0 radical (unpaired) electrons. The Hall–Kier alpha value is 3.86. The van der Waals surface area contributed by atoms with Crippen molar-refractivity contribution in [2.24, 2.45) is 0 Å². The fraction of sp³-hybridized carbons (Fsp3) is 1.00.